The molecule has 0 saturated carbocycles. The van der Waals surface area contributed by atoms with Crippen LogP contribution in [0.25, 0.3) is 0 Å². The van der Waals surface area contributed by atoms with Gasteiger partial charge in [-0.2, -0.15) is 5.10 Å². The molecular weight excluding hydrogens is 304 g/mol. The molecule has 0 spiro atoms. The van der Waals surface area contributed by atoms with Crippen molar-refractivity contribution >= 4 is 21.6 Å². The lowest BCUT2D eigenvalue weighted by Crippen LogP contribution is -2.13. The Hall–Kier alpha value is -1.36. The molecule has 19 heavy (non-hydrogen) atoms. The Bertz CT molecular complexity index is 548. The zero-order chi connectivity index (χ0) is 13.8. The number of hydrogen-bond acceptors (Lipinski definition) is 3. The summed E-state index contributed by atoms with van der Waals surface area (Å²) >= 11 is 3.55. The Balaban J connectivity index is 2.06. The van der Waals surface area contributed by atoms with Gasteiger partial charge in [-0.15, -0.1) is 0 Å². The van der Waals surface area contributed by atoms with Crippen LogP contribution in [-0.4, -0.2) is 14.8 Å². The summed E-state index contributed by atoms with van der Waals surface area (Å²) in [6.45, 7) is 8.01. The second-order valence-corrected chi connectivity index (χ2v) is 5.94. The first-order chi connectivity index (χ1) is 9.06. The Labute approximate surface area is 122 Å². The molecule has 0 atom stereocenters. The summed E-state index contributed by atoms with van der Waals surface area (Å²) in [5.41, 5.74) is 2.31. The van der Waals surface area contributed by atoms with E-state index >= 15 is 0 Å². The molecule has 0 bridgehead atoms. The van der Waals surface area contributed by atoms with Crippen molar-refractivity contribution < 1.29 is 0 Å². The molecule has 0 aliphatic carbocycles. The maximum Gasteiger partial charge on any atom is 0.146 e. The molecule has 1 aromatic heterocycles. The van der Waals surface area contributed by atoms with E-state index in [-0.39, 0.29) is 0 Å². The van der Waals surface area contributed by atoms with Gasteiger partial charge in [-0.25, -0.2) is 9.67 Å². The third kappa shape index (κ3) is 3.80. The van der Waals surface area contributed by atoms with E-state index in [2.05, 4.69) is 70.3 Å². The molecule has 0 aliphatic heterocycles. The van der Waals surface area contributed by atoms with Gasteiger partial charge in [-0.3, -0.25) is 0 Å². The van der Waals surface area contributed by atoms with E-state index in [4.69, 9.17) is 0 Å². The number of hydrogen-bond donors (Lipinski definition) is 1. The second-order valence-electron chi connectivity index (χ2n) is 5.09. The predicted octanol–water partition coefficient (Wildman–Crippen LogP) is 3.62. The Kier molecular flexibility index (Phi) is 4.58. The van der Waals surface area contributed by atoms with Gasteiger partial charge in [0.2, 0.25) is 0 Å². The van der Waals surface area contributed by atoms with E-state index in [0.29, 0.717) is 12.5 Å². The average molecular weight is 323 g/mol. The molecule has 0 fully saturated rings. The van der Waals surface area contributed by atoms with Crippen LogP contribution in [-0.2, 0) is 13.1 Å². The van der Waals surface area contributed by atoms with Gasteiger partial charge in [-0.05, 0) is 46.5 Å². The minimum Gasteiger partial charge on any atom is -0.377 e. The smallest absolute Gasteiger partial charge is 0.146 e. The third-order valence-corrected chi connectivity index (χ3v) is 3.48. The monoisotopic (exact) mass is 322 g/mol. The Morgan fingerprint density at radius 3 is 2.89 bits per heavy atom. The van der Waals surface area contributed by atoms with Crippen LogP contribution >= 0.6 is 15.9 Å². The number of halogens is 1. The van der Waals surface area contributed by atoms with Crippen LogP contribution in [0.15, 0.2) is 29.0 Å². The van der Waals surface area contributed by atoms with Crippen LogP contribution in [0.5, 0.6) is 0 Å². The van der Waals surface area contributed by atoms with E-state index in [9.17, 15) is 0 Å². The second kappa shape index (κ2) is 6.19. The maximum atomic E-state index is 4.31. The van der Waals surface area contributed by atoms with Crippen LogP contribution in [0.1, 0.15) is 25.2 Å². The number of benzene rings is 1. The van der Waals surface area contributed by atoms with Crippen molar-refractivity contribution in [3.8, 4) is 0 Å². The highest BCUT2D eigenvalue weighted by Gasteiger charge is 2.07. The summed E-state index contributed by atoms with van der Waals surface area (Å²) in [7, 11) is 0. The van der Waals surface area contributed by atoms with Crippen molar-refractivity contribution in [2.24, 2.45) is 5.92 Å². The van der Waals surface area contributed by atoms with Gasteiger partial charge in [0.25, 0.3) is 0 Å². The quantitative estimate of drug-likeness (QED) is 0.914. The molecule has 0 amide bonds. The lowest BCUT2D eigenvalue weighted by molar-refractivity contribution is 0.468. The number of nitrogens with zero attached hydrogens (tertiary/aromatic N) is 3. The summed E-state index contributed by atoms with van der Waals surface area (Å²) in [5.74, 6) is 1.52. The molecule has 0 radical (unpaired) electrons. The molecule has 0 aliphatic rings. The van der Waals surface area contributed by atoms with Crippen LogP contribution in [0.3, 0.4) is 0 Å². The first-order valence-electron chi connectivity index (χ1n) is 6.43. The minimum absolute atomic E-state index is 0.561. The maximum absolute atomic E-state index is 4.31. The molecule has 2 rings (SSSR count). The molecule has 0 saturated heterocycles. The van der Waals surface area contributed by atoms with Crippen LogP contribution < -0.4 is 5.32 Å². The summed E-state index contributed by atoms with van der Waals surface area (Å²) < 4.78 is 3.02. The van der Waals surface area contributed by atoms with Gasteiger partial charge in [0.15, 0.2) is 0 Å². The summed E-state index contributed by atoms with van der Waals surface area (Å²) in [6, 6.07) is 6.25. The normalized spacial score (nSPS) is 11.0. The topological polar surface area (TPSA) is 42.7 Å². The fourth-order valence-corrected chi connectivity index (χ4v) is 2.26. The van der Waals surface area contributed by atoms with Gasteiger partial charge in [-0.1, -0.05) is 19.9 Å². The van der Waals surface area contributed by atoms with Crippen molar-refractivity contribution in [3.63, 3.8) is 0 Å². The van der Waals surface area contributed by atoms with Gasteiger partial charge in [0.05, 0.1) is 6.54 Å². The summed E-state index contributed by atoms with van der Waals surface area (Å²) in [5, 5.41) is 7.66. The molecule has 1 heterocycles. The molecule has 1 N–H and O–H groups in total. The van der Waals surface area contributed by atoms with E-state index in [1.165, 1.54) is 5.56 Å². The zero-order valence-electron chi connectivity index (χ0n) is 11.5. The lowest BCUT2D eigenvalue weighted by Gasteiger charge is -2.11. The summed E-state index contributed by atoms with van der Waals surface area (Å²) in [6.07, 6.45) is 1.62. The number of anilines is 1. The van der Waals surface area contributed by atoms with E-state index < -0.39 is 0 Å². The molecule has 102 valence electrons. The standard InChI is InChI=1S/C14H19BrN4/c1-10(2)8-19-14(17-9-18-19)7-16-13-6-11(3)4-5-12(13)15/h4-6,9-10,16H,7-8H2,1-3H3. The highest BCUT2D eigenvalue weighted by Crippen LogP contribution is 2.23. The zero-order valence-corrected chi connectivity index (χ0v) is 13.1. The van der Waals surface area contributed by atoms with Gasteiger partial charge < -0.3 is 5.32 Å². The highest BCUT2D eigenvalue weighted by molar-refractivity contribution is 9.10. The molecular formula is C14H19BrN4. The van der Waals surface area contributed by atoms with Gasteiger partial charge >= 0.3 is 0 Å². The predicted molar refractivity (Wildman–Crippen MR) is 81.1 cm³/mol. The fourth-order valence-electron chi connectivity index (χ4n) is 1.87. The third-order valence-electron chi connectivity index (χ3n) is 2.79. The largest absolute Gasteiger partial charge is 0.377 e. The Morgan fingerprint density at radius 1 is 1.37 bits per heavy atom. The minimum atomic E-state index is 0.561. The van der Waals surface area contributed by atoms with Crippen LogP contribution in [0.4, 0.5) is 5.69 Å². The first kappa shape index (κ1) is 14.1. The van der Waals surface area contributed by atoms with Crippen molar-refractivity contribution in [3.05, 3.63) is 40.4 Å². The van der Waals surface area contributed by atoms with Gasteiger partial charge in [0.1, 0.15) is 12.2 Å². The average Bonchev–Trinajstić information content (AvgIpc) is 2.77. The summed E-state index contributed by atoms with van der Waals surface area (Å²) in [4.78, 5) is 4.31. The number of aromatic nitrogens is 3. The number of nitrogens with one attached hydrogen (secondary N) is 1. The number of rotatable bonds is 5. The molecule has 1 aromatic carbocycles. The first-order valence-corrected chi connectivity index (χ1v) is 7.22. The molecule has 5 heteroatoms. The highest BCUT2D eigenvalue weighted by atomic mass is 79.9. The van der Waals surface area contributed by atoms with Crippen molar-refractivity contribution in [2.75, 3.05) is 5.32 Å². The van der Waals surface area contributed by atoms with E-state index in [1.54, 1.807) is 6.33 Å². The molecule has 2 aromatic rings. The van der Waals surface area contributed by atoms with E-state index in [1.807, 2.05) is 4.68 Å². The van der Waals surface area contributed by atoms with Crippen LogP contribution in [0.2, 0.25) is 0 Å². The number of aryl methyl sites for hydroxylation is 1. The van der Waals surface area contributed by atoms with Crippen LogP contribution in [0, 0.1) is 12.8 Å². The Morgan fingerprint density at radius 2 is 2.16 bits per heavy atom. The SMILES string of the molecule is Cc1ccc(Br)c(NCc2ncnn2CC(C)C)c1. The fraction of sp³-hybridized carbons (Fsp3) is 0.429. The molecule has 4 nitrogen and oxygen atoms in total. The van der Waals surface area contributed by atoms with E-state index in [0.717, 1.165) is 22.5 Å². The van der Waals surface area contributed by atoms with Crippen molar-refractivity contribution in [2.45, 2.75) is 33.9 Å². The van der Waals surface area contributed by atoms with Gasteiger partial charge in [0, 0.05) is 16.7 Å². The lowest BCUT2D eigenvalue weighted by atomic mass is 10.2. The van der Waals surface area contributed by atoms with Crippen molar-refractivity contribution in [1.82, 2.24) is 14.8 Å². The van der Waals surface area contributed by atoms with Crippen molar-refractivity contribution in [1.29, 1.82) is 0 Å². The molecule has 0 unspecified atom stereocenters.